The Labute approximate surface area is 97.3 Å². The summed E-state index contributed by atoms with van der Waals surface area (Å²) in [5.74, 6) is 0. The van der Waals surface area contributed by atoms with Crippen LogP contribution in [0.2, 0.25) is 0 Å². The molecule has 1 aromatic rings. The molecule has 0 spiro atoms. The predicted molar refractivity (Wildman–Crippen MR) is 72.4 cm³/mol. The van der Waals surface area contributed by atoms with E-state index in [9.17, 15) is 0 Å². The van der Waals surface area contributed by atoms with Crippen LogP contribution in [0.15, 0.2) is 11.1 Å². The van der Waals surface area contributed by atoms with Gasteiger partial charge in [-0.15, -0.1) is 11.3 Å². The van der Waals surface area contributed by atoms with Crippen molar-refractivity contribution in [3.05, 3.63) is 32.0 Å². The highest BCUT2D eigenvalue weighted by molar-refractivity contribution is 7.14. The molecular weight excluding hydrogens is 200 g/mol. The van der Waals surface area contributed by atoms with Gasteiger partial charge in [0, 0.05) is 9.75 Å². The van der Waals surface area contributed by atoms with Crippen molar-refractivity contribution in [3.63, 3.8) is 0 Å². The number of thiophene rings is 1. The van der Waals surface area contributed by atoms with E-state index in [1.54, 1.807) is 0 Å². The van der Waals surface area contributed by atoms with Gasteiger partial charge in [-0.2, -0.15) is 0 Å². The Hall–Kier alpha value is -0.820. The summed E-state index contributed by atoms with van der Waals surface area (Å²) in [4.78, 5) is 2.81. The molecule has 0 radical (unpaired) electrons. The maximum Gasteiger partial charge on any atom is 0.0308 e. The van der Waals surface area contributed by atoms with Gasteiger partial charge in [-0.3, -0.25) is 0 Å². The van der Waals surface area contributed by atoms with Crippen molar-refractivity contribution in [1.29, 1.82) is 0 Å². The maximum atomic E-state index is 2.27. The summed E-state index contributed by atoms with van der Waals surface area (Å²) in [7, 11) is 0. The van der Waals surface area contributed by atoms with E-state index in [0.29, 0.717) is 0 Å². The van der Waals surface area contributed by atoms with E-state index in [-0.39, 0.29) is 0 Å². The second-order valence-electron chi connectivity index (χ2n) is 4.52. The summed E-state index contributed by atoms with van der Waals surface area (Å²) >= 11 is 1.89. The van der Waals surface area contributed by atoms with Gasteiger partial charge in [0.2, 0.25) is 0 Å². The van der Waals surface area contributed by atoms with Gasteiger partial charge in [0.15, 0.2) is 0 Å². The van der Waals surface area contributed by atoms with Crippen LogP contribution in [-0.2, 0) is 0 Å². The van der Waals surface area contributed by atoms with Crippen molar-refractivity contribution >= 4 is 23.5 Å². The minimum atomic E-state index is 1.36. The molecule has 0 fully saturated rings. The van der Waals surface area contributed by atoms with Gasteiger partial charge in [0.05, 0.1) is 0 Å². The first-order valence-corrected chi connectivity index (χ1v) is 6.13. The Morgan fingerprint density at radius 1 is 0.800 bits per heavy atom. The van der Waals surface area contributed by atoms with E-state index in [1.165, 1.54) is 32.0 Å². The monoisotopic (exact) mass is 220 g/mol. The fourth-order valence-electron chi connectivity index (χ4n) is 1.44. The number of allylic oxidation sites excluding steroid dienone is 2. The highest BCUT2D eigenvalue weighted by Crippen LogP contribution is 2.30. The second kappa shape index (κ2) is 4.80. The van der Waals surface area contributed by atoms with Crippen LogP contribution < -0.4 is 0 Å². The molecule has 0 bridgehead atoms. The van der Waals surface area contributed by atoms with Crippen LogP contribution in [0.25, 0.3) is 12.2 Å². The van der Waals surface area contributed by atoms with Crippen molar-refractivity contribution in [2.45, 2.75) is 41.5 Å². The molecule has 1 rings (SSSR count). The van der Waals surface area contributed by atoms with Gasteiger partial charge in [-0.1, -0.05) is 11.1 Å². The lowest BCUT2D eigenvalue weighted by molar-refractivity contribution is 1.36. The summed E-state index contributed by atoms with van der Waals surface area (Å²) < 4.78 is 0. The van der Waals surface area contributed by atoms with Crippen molar-refractivity contribution in [3.8, 4) is 0 Å². The molecule has 0 nitrogen and oxygen atoms in total. The van der Waals surface area contributed by atoms with Gasteiger partial charge < -0.3 is 0 Å². The molecule has 0 amide bonds. The van der Waals surface area contributed by atoms with Gasteiger partial charge >= 0.3 is 0 Å². The van der Waals surface area contributed by atoms with Crippen LogP contribution >= 0.6 is 11.3 Å². The van der Waals surface area contributed by atoms with E-state index in [4.69, 9.17) is 0 Å². The van der Waals surface area contributed by atoms with E-state index in [2.05, 4.69) is 53.7 Å². The average molecular weight is 220 g/mol. The van der Waals surface area contributed by atoms with Crippen LogP contribution in [0, 0.1) is 13.8 Å². The topological polar surface area (TPSA) is 0 Å². The van der Waals surface area contributed by atoms with Crippen molar-refractivity contribution in [1.82, 2.24) is 0 Å². The zero-order valence-electron chi connectivity index (χ0n) is 10.6. The smallest absolute Gasteiger partial charge is 0.0308 e. The first-order chi connectivity index (χ1) is 6.91. The maximum absolute atomic E-state index is 2.27. The quantitative estimate of drug-likeness (QED) is 0.641. The fraction of sp³-hybridized carbons (Fsp3) is 0.429. The van der Waals surface area contributed by atoms with Crippen LogP contribution in [0.5, 0.6) is 0 Å². The molecule has 1 heterocycles. The highest BCUT2D eigenvalue weighted by Gasteiger charge is 2.07. The molecule has 0 aliphatic carbocycles. The van der Waals surface area contributed by atoms with Crippen molar-refractivity contribution < 1.29 is 0 Å². The van der Waals surface area contributed by atoms with Crippen LogP contribution in [0.1, 0.15) is 48.6 Å². The molecule has 0 aliphatic rings. The first-order valence-electron chi connectivity index (χ1n) is 5.31. The minimum Gasteiger partial charge on any atom is -0.136 e. The largest absolute Gasteiger partial charge is 0.136 e. The summed E-state index contributed by atoms with van der Waals surface area (Å²) in [5.41, 5.74) is 5.58. The Morgan fingerprint density at radius 3 is 1.40 bits per heavy atom. The third-order valence-electron chi connectivity index (χ3n) is 2.36. The Morgan fingerprint density at radius 2 is 1.13 bits per heavy atom. The summed E-state index contributed by atoms with van der Waals surface area (Å²) in [5, 5.41) is 0. The molecule has 0 aromatic carbocycles. The molecule has 82 valence electrons. The zero-order chi connectivity index (χ0) is 11.6. The molecule has 0 saturated heterocycles. The zero-order valence-corrected chi connectivity index (χ0v) is 11.4. The first kappa shape index (κ1) is 12.3. The SMILES string of the molecule is CC(C)=Cc1sc(C=C(C)C)c(C)c1C. The molecular formula is C14H20S. The Kier molecular flexibility index (Phi) is 3.92. The van der Waals surface area contributed by atoms with E-state index < -0.39 is 0 Å². The molecule has 0 saturated carbocycles. The summed E-state index contributed by atoms with van der Waals surface area (Å²) in [6.45, 7) is 13.0. The number of hydrogen-bond donors (Lipinski definition) is 0. The number of rotatable bonds is 2. The second-order valence-corrected chi connectivity index (χ2v) is 5.61. The van der Waals surface area contributed by atoms with Crippen LogP contribution in [0.3, 0.4) is 0 Å². The van der Waals surface area contributed by atoms with Crippen molar-refractivity contribution in [2.24, 2.45) is 0 Å². The minimum absolute atomic E-state index is 1.36. The lowest BCUT2D eigenvalue weighted by atomic mass is 10.1. The third kappa shape index (κ3) is 3.07. The molecule has 0 N–H and O–H groups in total. The highest BCUT2D eigenvalue weighted by atomic mass is 32.1. The summed E-state index contributed by atoms with van der Waals surface area (Å²) in [6.07, 6.45) is 4.55. The van der Waals surface area contributed by atoms with Gasteiger partial charge in [-0.25, -0.2) is 0 Å². The molecule has 0 unspecified atom stereocenters. The molecule has 1 heteroatoms. The van der Waals surface area contributed by atoms with Crippen LogP contribution in [0.4, 0.5) is 0 Å². The lowest BCUT2D eigenvalue weighted by Gasteiger charge is -1.94. The Bertz CT molecular complexity index is 370. The van der Waals surface area contributed by atoms with Crippen molar-refractivity contribution in [2.75, 3.05) is 0 Å². The lowest BCUT2D eigenvalue weighted by Crippen LogP contribution is -1.77. The van der Waals surface area contributed by atoms with E-state index in [0.717, 1.165) is 0 Å². The Balaban J connectivity index is 3.24. The third-order valence-corrected chi connectivity index (χ3v) is 3.65. The van der Waals surface area contributed by atoms with Gasteiger partial charge in [-0.05, 0) is 64.8 Å². The molecule has 0 atom stereocenters. The molecule has 15 heavy (non-hydrogen) atoms. The number of hydrogen-bond acceptors (Lipinski definition) is 1. The fourth-order valence-corrected chi connectivity index (χ4v) is 2.88. The van der Waals surface area contributed by atoms with Gasteiger partial charge in [0.1, 0.15) is 0 Å². The predicted octanol–water partition coefficient (Wildman–Crippen LogP) is 5.21. The van der Waals surface area contributed by atoms with Crippen LogP contribution in [-0.4, -0.2) is 0 Å². The molecule has 1 aromatic heterocycles. The normalized spacial score (nSPS) is 10.0. The standard InChI is InChI=1S/C14H20S/c1-9(2)7-13-11(5)12(6)14(15-13)8-10(3)4/h7-8H,1-6H3. The average Bonchev–Trinajstić information content (AvgIpc) is 2.32. The van der Waals surface area contributed by atoms with Gasteiger partial charge in [0.25, 0.3) is 0 Å². The van der Waals surface area contributed by atoms with E-state index in [1.807, 2.05) is 11.3 Å². The van der Waals surface area contributed by atoms with E-state index >= 15 is 0 Å². The molecule has 0 aliphatic heterocycles. The summed E-state index contributed by atoms with van der Waals surface area (Å²) in [6, 6.07) is 0.